The van der Waals surface area contributed by atoms with E-state index < -0.39 is 5.60 Å². The first-order chi connectivity index (χ1) is 8.74. The van der Waals surface area contributed by atoms with Crippen LogP contribution < -0.4 is 11.1 Å². The van der Waals surface area contributed by atoms with Crippen LogP contribution in [0.4, 0.5) is 4.79 Å². The van der Waals surface area contributed by atoms with Crippen molar-refractivity contribution in [3.8, 4) is 0 Å². The van der Waals surface area contributed by atoms with Crippen molar-refractivity contribution in [1.29, 1.82) is 0 Å². The van der Waals surface area contributed by atoms with Crippen LogP contribution in [-0.4, -0.2) is 23.6 Å². The van der Waals surface area contributed by atoms with Crippen LogP contribution in [0.3, 0.4) is 0 Å². The van der Waals surface area contributed by atoms with E-state index in [1.807, 2.05) is 20.8 Å². The van der Waals surface area contributed by atoms with E-state index in [4.69, 9.17) is 10.5 Å². The van der Waals surface area contributed by atoms with E-state index in [9.17, 15) is 9.59 Å². The molecule has 3 N–H and O–H groups in total. The number of carbonyl (C=O) groups excluding carboxylic acids is 2. The van der Waals surface area contributed by atoms with E-state index in [0.717, 1.165) is 19.3 Å². The fourth-order valence-corrected chi connectivity index (χ4v) is 3.42. The van der Waals surface area contributed by atoms with Crippen molar-refractivity contribution in [1.82, 2.24) is 5.32 Å². The number of hydrogen-bond acceptors (Lipinski definition) is 3. The number of nitrogens with two attached hydrogens (primary N) is 1. The summed E-state index contributed by atoms with van der Waals surface area (Å²) in [7, 11) is 0. The molecule has 0 bridgehead atoms. The van der Waals surface area contributed by atoms with Gasteiger partial charge in [-0.3, -0.25) is 4.79 Å². The average Bonchev–Trinajstić information content (AvgIpc) is 2.49. The van der Waals surface area contributed by atoms with Crippen molar-refractivity contribution >= 4 is 12.0 Å². The molecule has 0 saturated heterocycles. The molecule has 0 aromatic heterocycles. The summed E-state index contributed by atoms with van der Waals surface area (Å²) in [6, 6.07) is 0.206. The minimum absolute atomic E-state index is 0.206. The van der Waals surface area contributed by atoms with Gasteiger partial charge in [0.15, 0.2) is 0 Å². The molecule has 0 radical (unpaired) electrons. The molecule has 108 valence electrons. The molecular weight excluding hydrogens is 244 g/mol. The van der Waals surface area contributed by atoms with E-state index in [1.165, 1.54) is 0 Å². The topological polar surface area (TPSA) is 81.4 Å². The molecular formula is C14H24N2O3. The Hall–Kier alpha value is -1.26. The van der Waals surface area contributed by atoms with Gasteiger partial charge in [-0.15, -0.1) is 0 Å². The predicted molar refractivity (Wildman–Crippen MR) is 71.3 cm³/mol. The first-order valence-corrected chi connectivity index (χ1v) is 7.02. The third-order valence-corrected chi connectivity index (χ3v) is 4.11. The van der Waals surface area contributed by atoms with Crippen LogP contribution in [0.2, 0.25) is 0 Å². The van der Waals surface area contributed by atoms with Crippen molar-refractivity contribution in [2.24, 2.45) is 23.5 Å². The summed E-state index contributed by atoms with van der Waals surface area (Å²) in [5.74, 6) is 1.32. The zero-order valence-corrected chi connectivity index (χ0v) is 11.9. The molecule has 4 unspecified atom stereocenters. The van der Waals surface area contributed by atoms with Gasteiger partial charge in [0.2, 0.25) is 5.91 Å². The minimum Gasteiger partial charge on any atom is -0.444 e. The first-order valence-electron chi connectivity index (χ1n) is 7.02. The largest absolute Gasteiger partial charge is 0.444 e. The van der Waals surface area contributed by atoms with Crippen LogP contribution in [0.15, 0.2) is 0 Å². The van der Waals surface area contributed by atoms with Gasteiger partial charge in [0.1, 0.15) is 5.60 Å². The van der Waals surface area contributed by atoms with Crippen LogP contribution in [0, 0.1) is 17.8 Å². The molecule has 2 amide bonds. The normalized spacial score (nSPS) is 33.2. The Labute approximate surface area is 114 Å². The van der Waals surface area contributed by atoms with E-state index in [1.54, 1.807) is 0 Å². The summed E-state index contributed by atoms with van der Waals surface area (Å²) in [6.07, 6.45) is 3.20. The van der Waals surface area contributed by atoms with Crippen LogP contribution in [0.25, 0.3) is 0 Å². The summed E-state index contributed by atoms with van der Waals surface area (Å²) >= 11 is 0. The highest BCUT2D eigenvalue weighted by Crippen LogP contribution is 2.50. The summed E-state index contributed by atoms with van der Waals surface area (Å²) in [6.45, 7) is 5.57. The second-order valence-electron chi connectivity index (χ2n) is 6.92. The Morgan fingerprint density at radius 2 is 1.95 bits per heavy atom. The number of amides is 2. The first kappa shape index (κ1) is 14.2. The summed E-state index contributed by atoms with van der Waals surface area (Å²) < 4.78 is 5.26. The highest BCUT2D eigenvalue weighted by Gasteiger charge is 2.48. The Kier molecular flexibility index (Phi) is 3.74. The summed E-state index contributed by atoms with van der Waals surface area (Å²) in [5.41, 5.74) is 4.78. The molecule has 0 aromatic carbocycles. The molecule has 2 fully saturated rings. The minimum atomic E-state index is -0.461. The standard InChI is InChI=1S/C14H24N2O3/c1-14(2,3)19-13(18)16-11-7-9-4-8(5-10(9)11)6-12(15)17/h8-11H,4-7H2,1-3H3,(H2,15,17)(H,16,18). The fourth-order valence-electron chi connectivity index (χ4n) is 3.42. The Balaban J connectivity index is 1.77. The Morgan fingerprint density at radius 3 is 2.53 bits per heavy atom. The molecule has 19 heavy (non-hydrogen) atoms. The van der Waals surface area contributed by atoms with Crippen LogP contribution >= 0.6 is 0 Å². The molecule has 0 aromatic rings. The van der Waals surface area contributed by atoms with Crippen LogP contribution in [-0.2, 0) is 9.53 Å². The third kappa shape index (κ3) is 3.61. The molecule has 2 aliphatic rings. The van der Waals surface area contributed by atoms with E-state index in [0.29, 0.717) is 24.2 Å². The Morgan fingerprint density at radius 1 is 1.26 bits per heavy atom. The van der Waals surface area contributed by atoms with Crippen LogP contribution in [0.1, 0.15) is 46.5 Å². The lowest BCUT2D eigenvalue weighted by molar-refractivity contribution is -0.118. The van der Waals surface area contributed by atoms with Gasteiger partial charge in [0.05, 0.1) is 0 Å². The van der Waals surface area contributed by atoms with Gasteiger partial charge in [0, 0.05) is 12.5 Å². The lowest BCUT2D eigenvalue weighted by atomic mass is 9.71. The maximum Gasteiger partial charge on any atom is 0.407 e. The number of rotatable bonds is 3. The van der Waals surface area contributed by atoms with Crippen molar-refractivity contribution < 1.29 is 14.3 Å². The maximum absolute atomic E-state index is 11.7. The molecule has 0 heterocycles. The quantitative estimate of drug-likeness (QED) is 0.819. The van der Waals surface area contributed by atoms with E-state index in [2.05, 4.69) is 5.32 Å². The fraction of sp³-hybridized carbons (Fsp3) is 0.857. The highest BCUT2D eigenvalue weighted by molar-refractivity contribution is 5.74. The third-order valence-electron chi connectivity index (χ3n) is 4.11. The van der Waals surface area contributed by atoms with Crippen molar-refractivity contribution in [3.05, 3.63) is 0 Å². The van der Waals surface area contributed by atoms with Crippen LogP contribution in [0.5, 0.6) is 0 Å². The predicted octanol–water partition coefficient (Wildman–Crippen LogP) is 1.80. The van der Waals surface area contributed by atoms with Gasteiger partial charge in [-0.1, -0.05) is 0 Å². The summed E-state index contributed by atoms with van der Waals surface area (Å²) in [5, 5.41) is 2.94. The van der Waals surface area contributed by atoms with Gasteiger partial charge < -0.3 is 15.8 Å². The number of ether oxygens (including phenoxy) is 1. The van der Waals surface area contributed by atoms with E-state index >= 15 is 0 Å². The lowest BCUT2D eigenvalue weighted by Gasteiger charge is -2.40. The van der Waals surface area contributed by atoms with Gasteiger partial charge in [-0.25, -0.2) is 4.79 Å². The summed E-state index contributed by atoms with van der Waals surface area (Å²) in [4.78, 5) is 22.6. The van der Waals surface area contributed by atoms with Gasteiger partial charge in [-0.05, 0) is 57.8 Å². The van der Waals surface area contributed by atoms with Crippen molar-refractivity contribution in [3.63, 3.8) is 0 Å². The van der Waals surface area contributed by atoms with Gasteiger partial charge in [0.25, 0.3) is 0 Å². The lowest BCUT2D eigenvalue weighted by Crippen LogP contribution is -2.51. The van der Waals surface area contributed by atoms with Crippen molar-refractivity contribution in [2.45, 2.75) is 58.1 Å². The maximum atomic E-state index is 11.7. The number of hydrogen-bond donors (Lipinski definition) is 2. The second kappa shape index (κ2) is 5.02. The number of nitrogens with one attached hydrogen (secondary N) is 1. The smallest absolute Gasteiger partial charge is 0.407 e. The highest BCUT2D eigenvalue weighted by atomic mass is 16.6. The van der Waals surface area contributed by atoms with Crippen molar-refractivity contribution in [2.75, 3.05) is 0 Å². The molecule has 5 heteroatoms. The second-order valence-corrected chi connectivity index (χ2v) is 6.92. The molecule has 0 spiro atoms. The zero-order chi connectivity index (χ0) is 14.2. The number of fused-ring (bicyclic) bond motifs is 1. The average molecular weight is 268 g/mol. The molecule has 4 atom stereocenters. The molecule has 0 aliphatic heterocycles. The van der Waals surface area contributed by atoms with E-state index in [-0.39, 0.29) is 18.0 Å². The Bertz CT molecular complexity index is 375. The monoisotopic (exact) mass is 268 g/mol. The molecule has 2 aliphatic carbocycles. The number of alkyl carbamates (subject to hydrolysis) is 1. The molecule has 2 saturated carbocycles. The van der Waals surface area contributed by atoms with Gasteiger partial charge >= 0.3 is 6.09 Å². The SMILES string of the molecule is CC(C)(C)OC(=O)NC1CC2CC(CC(N)=O)CC21. The molecule has 5 nitrogen and oxygen atoms in total. The number of carbonyl (C=O) groups is 2. The number of primary amides is 1. The molecule has 2 rings (SSSR count). The van der Waals surface area contributed by atoms with Gasteiger partial charge in [-0.2, -0.15) is 0 Å². The zero-order valence-electron chi connectivity index (χ0n) is 11.9.